The van der Waals surface area contributed by atoms with Crippen LogP contribution in [-0.2, 0) is 16.1 Å². The lowest BCUT2D eigenvalue weighted by Gasteiger charge is -2.18. The van der Waals surface area contributed by atoms with Gasteiger partial charge in [-0.25, -0.2) is 9.18 Å². The maximum absolute atomic E-state index is 13.6. The standard InChI is InChI=1S/C19H20FNO4/c1-3-24-19(23)14-8-10-16(11-9-14)25-13-18(22)21(2)12-15-6-4-5-7-17(15)20/h4-11H,3,12-13H2,1-2H3. The summed E-state index contributed by atoms with van der Waals surface area (Å²) in [6.45, 7) is 2.03. The largest absolute Gasteiger partial charge is 0.484 e. The molecule has 5 nitrogen and oxygen atoms in total. The van der Waals surface area contributed by atoms with Crippen molar-refractivity contribution in [3.05, 3.63) is 65.5 Å². The highest BCUT2D eigenvalue weighted by Crippen LogP contribution is 2.14. The molecule has 2 rings (SSSR count). The molecular weight excluding hydrogens is 325 g/mol. The Balaban J connectivity index is 1.87. The number of carbonyl (C=O) groups excluding carboxylic acids is 2. The van der Waals surface area contributed by atoms with Crippen molar-refractivity contribution in [2.75, 3.05) is 20.3 Å². The number of hydrogen-bond acceptors (Lipinski definition) is 4. The second kappa shape index (κ2) is 8.82. The molecule has 0 aliphatic rings. The number of ether oxygens (including phenoxy) is 2. The van der Waals surface area contributed by atoms with Crippen LogP contribution in [0.2, 0.25) is 0 Å². The molecule has 0 aliphatic heterocycles. The normalized spacial score (nSPS) is 10.2. The Morgan fingerprint density at radius 3 is 2.40 bits per heavy atom. The van der Waals surface area contributed by atoms with Crippen molar-refractivity contribution in [1.29, 1.82) is 0 Å². The van der Waals surface area contributed by atoms with E-state index in [2.05, 4.69) is 0 Å². The van der Waals surface area contributed by atoms with Crippen LogP contribution in [-0.4, -0.2) is 37.0 Å². The fourth-order valence-electron chi connectivity index (χ4n) is 2.13. The number of halogens is 1. The van der Waals surface area contributed by atoms with E-state index < -0.39 is 5.97 Å². The molecule has 0 saturated heterocycles. The van der Waals surface area contributed by atoms with Gasteiger partial charge in [0.1, 0.15) is 11.6 Å². The number of amides is 1. The van der Waals surface area contributed by atoms with Gasteiger partial charge in [0.15, 0.2) is 6.61 Å². The van der Waals surface area contributed by atoms with Crippen LogP contribution in [0.5, 0.6) is 5.75 Å². The predicted molar refractivity (Wildman–Crippen MR) is 90.8 cm³/mol. The Bertz CT molecular complexity index is 730. The summed E-state index contributed by atoms with van der Waals surface area (Å²) in [7, 11) is 1.59. The lowest BCUT2D eigenvalue weighted by atomic mass is 10.2. The highest BCUT2D eigenvalue weighted by atomic mass is 19.1. The van der Waals surface area contributed by atoms with E-state index in [-0.39, 0.29) is 24.9 Å². The van der Waals surface area contributed by atoms with Crippen LogP contribution >= 0.6 is 0 Å². The molecule has 25 heavy (non-hydrogen) atoms. The first-order valence-corrected chi connectivity index (χ1v) is 7.88. The third-order valence-corrected chi connectivity index (χ3v) is 3.52. The minimum absolute atomic E-state index is 0.163. The van der Waals surface area contributed by atoms with Crippen LogP contribution in [0, 0.1) is 5.82 Å². The highest BCUT2D eigenvalue weighted by molar-refractivity contribution is 5.89. The van der Waals surface area contributed by atoms with E-state index in [0.29, 0.717) is 23.5 Å². The molecule has 0 unspecified atom stereocenters. The fourth-order valence-corrected chi connectivity index (χ4v) is 2.13. The molecule has 132 valence electrons. The quantitative estimate of drug-likeness (QED) is 0.724. The smallest absolute Gasteiger partial charge is 0.338 e. The Hall–Kier alpha value is -2.89. The lowest BCUT2D eigenvalue weighted by molar-refractivity contribution is -0.132. The maximum atomic E-state index is 13.6. The molecule has 2 aromatic carbocycles. The summed E-state index contributed by atoms with van der Waals surface area (Å²) >= 11 is 0. The fraction of sp³-hybridized carbons (Fsp3) is 0.263. The molecule has 0 N–H and O–H groups in total. The monoisotopic (exact) mass is 345 g/mol. The van der Waals surface area contributed by atoms with Gasteiger partial charge < -0.3 is 14.4 Å². The van der Waals surface area contributed by atoms with Crippen molar-refractivity contribution in [2.24, 2.45) is 0 Å². The topological polar surface area (TPSA) is 55.8 Å². The zero-order valence-corrected chi connectivity index (χ0v) is 14.2. The summed E-state index contributed by atoms with van der Waals surface area (Å²) in [6.07, 6.45) is 0. The average molecular weight is 345 g/mol. The van der Waals surface area contributed by atoms with Crippen molar-refractivity contribution in [3.63, 3.8) is 0 Å². The first-order chi connectivity index (χ1) is 12.0. The van der Waals surface area contributed by atoms with E-state index in [9.17, 15) is 14.0 Å². The van der Waals surface area contributed by atoms with Gasteiger partial charge in [-0.3, -0.25) is 4.79 Å². The zero-order valence-electron chi connectivity index (χ0n) is 14.2. The van der Waals surface area contributed by atoms with Crippen LogP contribution < -0.4 is 4.74 Å². The molecule has 0 fully saturated rings. The minimum Gasteiger partial charge on any atom is -0.484 e. The van der Waals surface area contributed by atoms with Crippen molar-refractivity contribution in [1.82, 2.24) is 4.90 Å². The molecular formula is C19H20FNO4. The SMILES string of the molecule is CCOC(=O)c1ccc(OCC(=O)N(C)Cc2ccccc2F)cc1. The number of benzene rings is 2. The summed E-state index contributed by atoms with van der Waals surface area (Å²) in [6, 6.07) is 12.6. The van der Waals surface area contributed by atoms with Gasteiger partial charge in [0, 0.05) is 19.2 Å². The second-order valence-electron chi connectivity index (χ2n) is 5.37. The van der Waals surface area contributed by atoms with Gasteiger partial charge in [0.25, 0.3) is 5.91 Å². The van der Waals surface area contributed by atoms with E-state index in [0.717, 1.165) is 0 Å². The molecule has 1 amide bonds. The number of carbonyl (C=O) groups is 2. The van der Waals surface area contributed by atoms with Crippen LogP contribution in [0.25, 0.3) is 0 Å². The summed E-state index contributed by atoms with van der Waals surface area (Å²) < 4.78 is 23.9. The average Bonchev–Trinajstić information content (AvgIpc) is 2.62. The van der Waals surface area contributed by atoms with Crippen molar-refractivity contribution >= 4 is 11.9 Å². The second-order valence-corrected chi connectivity index (χ2v) is 5.37. The number of rotatable bonds is 7. The number of likely N-dealkylation sites (N-methyl/N-ethyl adjacent to an activating group) is 1. The van der Waals surface area contributed by atoms with Gasteiger partial charge in [-0.15, -0.1) is 0 Å². The molecule has 0 bridgehead atoms. The summed E-state index contributed by atoms with van der Waals surface area (Å²) in [5, 5.41) is 0. The molecule has 0 aromatic heterocycles. The zero-order chi connectivity index (χ0) is 18.2. The highest BCUT2D eigenvalue weighted by Gasteiger charge is 2.13. The van der Waals surface area contributed by atoms with Gasteiger partial charge in [-0.05, 0) is 37.3 Å². The maximum Gasteiger partial charge on any atom is 0.338 e. The van der Waals surface area contributed by atoms with Crippen molar-refractivity contribution < 1.29 is 23.5 Å². The summed E-state index contributed by atoms with van der Waals surface area (Å²) in [5.41, 5.74) is 0.856. The van der Waals surface area contributed by atoms with E-state index in [4.69, 9.17) is 9.47 Å². The molecule has 0 heterocycles. The van der Waals surface area contributed by atoms with Gasteiger partial charge >= 0.3 is 5.97 Å². The molecule has 0 atom stereocenters. The minimum atomic E-state index is -0.408. The first-order valence-electron chi connectivity index (χ1n) is 7.88. The molecule has 0 saturated carbocycles. The van der Waals surface area contributed by atoms with Gasteiger partial charge in [0.05, 0.1) is 12.2 Å². The Morgan fingerprint density at radius 1 is 1.08 bits per heavy atom. The van der Waals surface area contributed by atoms with Crippen molar-refractivity contribution in [2.45, 2.75) is 13.5 Å². The van der Waals surface area contributed by atoms with E-state index in [1.54, 1.807) is 56.4 Å². The van der Waals surface area contributed by atoms with Crippen LogP contribution in [0.4, 0.5) is 4.39 Å². The van der Waals surface area contributed by atoms with Gasteiger partial charge in [-0.2, -0.15) is 0 Å². The predicted octanol–water partition coefficient (Wildman–Crippen LogP) is 3.04. The first kappa shape index (κ1) is 18.4. The van der Waals surface area contributed by atoms with Crippen molar-refractivity contribution in [3.8, 4) is 5.75 Å². The Kier molecular flexibility index (Phi) is 6.51. The molecule has 6 heteroatoms. The molecule has 0 spiro atoms. The summed E-state index contributed by atoms with van der Waals surface area (Å²) in [4.78, 5) is 25.0. The summed E-state index contributed by atoms with van der Waals surface area (Å²) in [5.74, 6) is -0.578. The molecule has 2 aromatic rings. The number of hydrogen-bond donors (Lipinski definition) is 0. The third-order valence-electron chi connectivity index (χ3n) is 3.52. The number of esters is 1. The number of nitrogens with zero attached hydrogens (tertiary/aromatic N) is 1. The molecule has 0 radical (unpaired) electrons. The van der Waals surface area contributed by atoms with E-state index >= 15 is 0 Å². The van der Waals surface area contributed by atoms with Crippen LogP contribution in [0.15, 0.2) is 48.5 Å². The van der Waals surface area contributed by atoms with Crippen LogP contribution in [0.3, 0.4) is 0 Å². The molecule has 0 aliphatic carbocycles. The van der Waals surface area contributed by atoms with Gasteiger partial charge in [0.2, 0.25) is 0 Å². The van der Waals surface area contributed by atoms with E-state index in [1.165, 1.54) is 11.0 Å². The Labute approximate surface area is 146 Å². The Morgan fingerprint density at radius 2 is 1.76 bits per heavy atom. The van der Waals surface area contributed by atoms with Gasteiger partial charge in [-0.1, -0.05) is 18.2 Å². The third kappa shape index (κ3) is 5.31. The van der Waals surface area contributed by atoms with Crippen LogP contribution in [0.1, 0.15) is 22.8 Å². The van der Waals surface area contributed by atoms with E-state index in [1.807, 2.05) is 0 Å². The lowest BCUT2D eigenvalue weighted by Crippen LogP contribution is -2.31.